The quantitative estimate of drug-likeness (QED) is 0.608. The summed E-state index contributed by atoms with van der Waals surface area (Å²) >= 11 is 0. The molecule has 0 bridgehead atoms. The van der Waals surface area contributed by atoms with Crippen molar-refractivity contribution in [2.45, 2.75) is 6.04 Å². The molecule has 0 saturated heterocycles. The number of rotatable bonds is 3. The first kappa shape index (κ1) is 10.2. The summed E-state index contributed by atoms with van der Waals surface area (Å²) in [7, 11) is 0. The lowest BCUT2D eigenvalue weighted by Crippen LogP contribution is -2.13. The lowest BCUT2D eigenvalue weighted by Gasteiger charge is -2.09. The van der Waals surface area contributed by atoms with Crippen molar-refractivity contribution in [3.05, 3.63) is 36.0 Å². The third kappa shape index (κ3) is 1.89. The van der Waals surface area contributed by atoms with E-state index in [9.17, 15) is 4.79 Å². The monoisotopic (exact) mass is 193 g/mol. The Bertz CT molecular complexity index is 376. The molecule has 5 heteroatoms. The van der Waals surface area contributed by atoms with Crippen molar-refractivity contribution in [2.24, 2.45) is 5.73 Å². The number of pyridine rings is 1. The molecule has 0 unspecified atom stereocenters. The topological polar surface area (TPSA) is 102 Å². The first-order valence-corrected chi connectivity index (χ1v) is 3.93. The smallest absolute Gasteiger partial charge is 0.336 e. The van der Waals surface area contributed by atoms with Crippen LogP contribution in [0.5, 0.6) is 0 Å². The van der Waals surface area contributed by atoms with Crippen molar-refractivity contribution < 1.29 is 9.90 Å². The fourth-order valence-corrected chi connectivity index (χ4v) is 1.06. The molecule has 0 saturated carbocycles. The van der Waals surface area contributed by atoms with Gasteiger partial charge in [-0.1, -0.05) is 6.08 Å². The van der Waals surface area contributed by atoms with Gasteiger partial charge in [0.2, 0.25) is 0 Å². The molecule has 0 radical (unpaired) electrons. The maximum atomic E-state index is 10.8. The number of nitrogens with two attached hydrogens (primary N) is 2. The molecule has 0 aromatic carbocycles. The molecule has 0 aliphatic carbocycles. The molecule has 0 fully saturated rings. The van der Waals surface area contributed by atoms with E-state index in [1.54, 1.807) is 0 Å². The average molecular weight is 193 g/mol. The van der Waals surface area contributed by atoms with Crippen LogP contribution in [0.2, 0.25) is 0 Å². The molecular formula is C9H11N3O2. The number of aromatic carboxylic acids is 1. The Morgan fingerprint density at radius 1 is 1.71 bits per heavy atom. The van der Waals surface area contributed by atoms with Crippen molar-refractivity contribution in [3.63, 3.8) is 0 Å². The number of carboxylic acids is 1. The summed E-state index contributed by atoms with van der Waals surface area (Å²) < 4.78 is 0. The number of nitrogens with zero attached hydrogens (tertiary/aromatic N) is 1. The number of carbonyl (C=O) groups is 1. The molecule has 1 aromatic heterocycles. The summed E-state index contributed by atoms with van der Waals surface area (Å²) in [5, 5.41) is 8.86. The highest BCUT2D eigenvalue weighted by atomic mass is 16.4. The van der Waals surface area contributed by atoms with Gasteiger partial charge in [0.05, 0.1) is 11.6 Å². The first-order valence-electron chi connectivity index (χ1n) is 3.93. The fourth-order valence-electron chi connectivity index (χ4n) is 1.06. The molecule has 0 aliphatic heterocycles. The summed E-state index contributed by atoms with van der Waals surface area (Å²) in [5.74, 6) is -0.922. The first-order chi connectivity index (χ1) is 6.56. The minimum Gasteiger partial charge on any atom is -0.478 e. The Hall–Kier alpha value is -1.88. The standard InChI is InChI=1S/C9H11N3O2/c1-2-7(10)6-4-12-8(11)3-5(6)9(13)14/h2-4,7H,1,10H2,(H2,11,12)(H,13,14)/t7-/m1/s1. The SMILES string of the molecule is C=C[C@@H](N)c1cnc(N)cc1C(=O)O. The molecule has 0 amide bonds. The molecule has 1 aromatic rings. The molecular weight excluding hydrogens is 182 g/mol. The molecule has 1 rings (SSSR count). The number of anilines is 1. The van der Waals surface area contributed by atoms with Crippen molar-refractivity contribution in [1.82, 2.24) is 4.98 Å². The fraction of sp³-hybridized carbons (Fsp3) is 0.111. The molecule has 0 aliphatic rings. The van der Waals surface area contributed by atoms with E-state index in [-0.39, 0.29) is 11.4 Å². The number of hydrogen-bond acceptors (Lipinski definition) is 4. The zero-order valence-electron chi connectivity index (χ0n) is 7.47. The van der Waals surface area contributed by atoms with Crippen LogP contribution in [0, 0.1) is 0 Å². The highest BCUT2D eigenvalue weighted by Gasteiger charge is 2.14. The van der Waals surface area contributed by atoms with Gasteiger partial charge in [0.25, 0.3) is 0 Å². The molecule has 5 nitrogen and oxygen atoms in total. The van der Waals surface area contributed by atoms with Gasteiger partial charge in [0.1, 0.15) is 5.82 Å². The van der Waals surface area contributed by atoms with Crippen molar-refractivity contribution in [1.29, 1.82) is 0 Å². The summed E-state index contributed by atoms with van der Waals surface area (Å²) in [5.41, 5.74) is 11.5. The third-order valence-corrected chi connectivity index (χ3v) is 1.80. The Morgan fingerprint density at radius 3 is 2.86 bits per heavy atom. The minimum absolute atomic E-state index is 0.0601. The van der Waals surface area contributed by atoms with Crippen molar-refractivity contribution >= 4 is 11.8 Å². The summed E-state index contributed by atoms with van der Waals surface area (Å²) in [4.78, 5) is 14.6. The van der Waals surface area contributed by atoms with Gasteiger partial charge < -0.3 is 16.6 Å². The second-order valence-electron chi connectivity index (χ2n) is 2.76. The van der Waals surface area contributed by atoms with Crippen LogP contribution in [-0.4, -0.2) is 16.1 Å². The van der Waals surface area contributed by atoms with E-state index in [1.807, 2.05) is 0 Å². The zero-order valence-corrected chi connectivity index (χ0v) is 7.47. The van der Waals surface area contributed by atoms with E-state index in [4.69, 9.17) is 16.6 Å². The van der Waals surface area contributed by atoms with Gasteiger partial charge in [0, 0.05) is 11.8 Å². The Balaban J connectivity index is 3.28. The molecule has 1 heterocycles. The lowest BCUT2D eigenvalue weighted by molar-refractivity contribution is 0.0695. The van der Waals surface area contributed by atoms with Crippen molar-refractivity contribution in [2.75, 3.05) is 5.73 Å². The van der Waals surface area contributed by atoms with Crippen molar-refractivity contribution in [3.8, 4) is 0 Å². The van der Waals surface area contributed by atoms with E-state index in [0.29, 0.717) is 5.56 Å². The van der Waals surface area contributed by atoms with Crippen LogP contribution in [-0.2, 0) is 0 Å². The van der Waals surface area contributed by atoms with Crippen LogP contribution >= 0.6 is 0 Å². The third-order valence-electron chi connectivity index (χ3n) is 1.80. The average Bonchev–Trinajstić information content (AvgIpc) is 2.16. The van der Waals surface area contributed by atoms with Crippen LogP contribution in [0.15, 0.2) is 24.9 Å². The highest BCUT2D eigenvalue weighted by molar-refractivity contribution is 5.90. The number of carboxylic acid groups (broad SMARTS) is 1. The largest absolute Gasteiger partial charge is 0.478 e. The van der Waals surface area contributed by atoms with Crippen LogP contribution in [0.4, 0.5) is 5.82 Å². The van der Waals surface area contributed by atoms with Crippen LogP contribution in [0.1, 0.15) is 22.0 Å². The van der Waals surface area contributed by atoms with Gasteiger partial charge in [-0.15, -0.1) is 6.58 Å². The minimum atomic E-state index is -1.08. The normalized spacial score (nSPS) is 12.1. The van der Waals surface area contributed by atoms with E-state index in [0.717, 1.165) is 0 Å². The predicted octanol–water partition coefficient (Wildman–Crippen LogP) is 0.548. The Labute approximate surface area is 81.1 Å². The van der Waals surface area contributed by atoms with Gasteiger partial charge in [-0.25, -0.2) is 9.78 Å². The molecule has 1 atom stereocenters. The van der Waals surface area contributed by atoms with E-state index in [1.165, 1.54) is 18.3 Å². The Kier molecular flexibility index (Phi) is 2.83. The van der Waals surface area contributed by atoms with Gasteiger partial charge in [-0.3, -0.25) is 0 Å². The van der Waals surface area contributed by atoms with E-state index in [2.05, 4.69) is 11.6 Å². The lowest BCUT2D eigenvalue weighted by atomic mass is 10.0. The Morgan fingerprint density at radius 2 is 2.36 bits per heavy atom. The van der Waals surface area contributed by atoms with E-state index < -0.39 is 12.0 Å². The molecule has 5 N–H and O–H groups in total. The molecule has 74 valence electrons. The van der Waals surface area contributed by atoms with Gasteiger partial charge >= 0.3 is 5.97 Å². The molecule has 0 spiro atoms. The number of nitrogen functional groups attached to an aromatic ring is 1. The number of aromatic nitrogens is 1. The van der Waals surface area contributed by atoms with Gasteiger partial charge in [-0.05, 0) is 6.07 Å². The maximum absolute atomic E-state index is 10.8. The maximum Gasteiger partial charge on any atom is 0.336 e. The number of hydrogen-bond donors (Lipinski definition) is 3. The summed E-state index contributed by atoms with van der Waals surface area (Å²) in [6, 6.07) is 0.732. The highest BCUT2D eigenvalue weighted by Crippen LogP contribution is 2.17. The predicted molar refractivity (Wildman–Crippen MR) is 52.7 cm³/mol. The second kappa shape index (κ2) is 3.89. The van der Waals surface area contributed by atoms with Crippen LogP contribution in [0.3, 0.4) is 0 Å². The van der Waals surface area contributed by atoms with Crippen LogP contribution in [0.25, 0.3) is 0 Å². The summed E-state index contributed by atoms with van der Waals surface area (Å²) in [6.07, 6.45) is 2.80. The molecule has 14 heavy (non-hydrogen) atoms. The van der Waals surface area contributed by atoms with Gasteiger partial charge in [-0.2, -0.15) is 0 Å². The second-order valence-corrected chi connectivity index (χ2v) is 2.76. The van der Waals surface area contributed by atoms with Gasteiger partial charge in [0.15, 0.2) is 0 Å². The van der Waals surface area contributed by atoms with Crippen LogP contribution < -0.4 is 11.5 Å². The zero-order chi connectivity index (χ0) is 10.7. The van der Waals surface area contributed by atoms with E-state index >= 15 is 0 Å². The summed E-state index contributed by atoms with van der Waals surface area (Å²) in [6.45, 7) is 3.48.